The van der Waals surface area contributed by atoms with Crippen LogP contribution in [0.25, 0.3) is 0 Å². The molecule has 0 radical (unpaired) electrons. The summed E-state index contributed by atoms with van der Waals surface area (Å²) in [6.07, 6.45) is 0. The summed E-state index contributed by atoms with van der Waals surface area (Å²) in [4.78, 5) is 11.4. The van der Waals surface area contributed by atoms with Gasteiger partial charge in [-0.3, -0.25) is 0 Å². The third-order valence-electron chi connectivity index (χ3n) is 2.21. The molecule has 17 heavy (non-hydrogen) atoms. The van der Waals surface area contributed by atoms with Crippen molar-refractivity contribution in [3.05, 3.63) is 23.8 Å². The third-order valence-corrected chi connectivity index (χ3v) is 4.02. The van der Waals surface area contributed by atoms with E-state index in [1.165, 1.54) is 39.4 Å². The number of nitrogen functional groups attached to an aromatic ring is 1. The molecule has 1 rings (SSSR count). The molecule has 6 nitrogen and oxygen atoms in total. The first-order chi connectivity index (χ1) is 7.80. The second-order valence-electron chi connectivity index (χ2n) is 3.53. The summed E-state index contributed by atoms with van der Waals surface area (Å²) in [5.74, 6) is -0.668. The maximum Gasteiger partial charge on any atom is 0.339 e. The molecule has 94 valence electrons. The summed E-state index contributed by atoms with van der Waals surface area (Å²) in [6.45, 7) is 0. The Labute approximate surface area is 100 Å². The van der Waals surface area contributed by atoms with Gasteiger partial charge in [-0.2, -0.15) is 0 Å². The van der Waals surface area contributed by atoms with Gasteiger partial charge in [0.25, 0.3) is 0 Å². The number of hydrogen-bond acceptors (Lipinski definition) is 5. The Morgan fingerprint density at radius 2 is 1.94 bits per heavy atom. The average Bonchev–Trinajstić information content (AvgIpc) is 2.28. The minimum Gasteiger partial charge on any atom is -0.465 e. The van der Waals surface area contributed by atoms with Crippen LogP contribution in [-0.4, -0.2) is 39.9 Å². The lowest BCUT2D eigenvalue weighted by atomic mass is 10.2. The molecular weight excluding hydrogens is 244 g/mol. The van der Waals surface area contributed by atoms with Crippen molar-refractivity contribution in [3.8, 4) is 0 Å². The number of hydrogen-bond donors (Lipinski definition) is 1. The molecule has 0 saturated heterocycles. The number of nitrogens with zero attached hydrogens (tertiary/aromatic N) is 1. The number of nitrogens with two attached hydrogens (primary N) is 1. The van der Waals surface area contributed by atoms with Crippen LogP contribution in [0.1, 0.15) is 10.4 Å². The zero-order chi connectivity index (χ0) is 13.2. The number of anilines is 1. The highest BCUT2D eigenvalue weighted by Crippen LogP contribution is 2.20. The molecule has 0 saturated carbocycles. The molecule has 0 amide bonds. The predicted octanol–water partition coefficient (Wildman–Crippen LogP) is 0.306. The molecule has 0 heterocycles. The third kappa shape index (κ3) is 2.56. The molecular formula is C10H14N2O4S. The van der Waals surface area contributed by atoms with Gasteiger partial charge in [-0.15, -0.1) is 0 Å². The number of carbonyl (C=O) groups excluding carboxylic acids is 1. The van der Waals surface area contributed by atoms with Crippen molar-refractivity contribution in [3.63, 3.8) is 0 Å². The van der Waals surface area contributed by atoms with Crippen LogP contribution in [0.2, 0.25) is 0 Å². The van der Waals surface area contributed by atoms with Crippen LogP contribution >= 0.6 is 0 Å². The van der Waals surface area contributed by atoms with Crippen molar-refractivity contribution in [2.45, 2.75) is 4.90 Å². The summed E-state index contributed by atoms with van der Waals surface area (Å²) in [6, 6.07) is 3.91. The van der Waals surface area contributed by atoms with Crippen molar-refractivity contribution >= 4 is 21.7 Å². The number of sulfonamides is 1. The van der Waals surface area contributed by atoms with Crippen LogP contribution in [-0.2, 0) is 14.8 Å². The minimum absolute atomic E-state index is 0.00269. The SMILES string of the molecule is COC(=O)c1cc(S(=O)(=O)N(C)C)ccc1N. The molecule has 0 aromatic heterocycles. The molecule has 0 atom stereocenters. The van der Waals surface area contributed by atoms with E-state index < -0.39 is 16.0 Å². The normalized spacial score (nSPS) is 11.5. The van der Waals surface area contributed by atoms with E-state index in [1.807, 2.05) is 0 Å². The van der Waals surface area contributed by atoms with E-state index in [0.717, 1.165) is 4.31 Å². The maximum atomic E-state index is 11.8. The number of rotatable bonds is 3. The Hall–Kier alpha value is -1.60. The summed E-state index contributed by atoms with van der Waals surface area (Å²) in [5.41, 5.74) is 5.79. The Morgan fingerprint density at radius 1 is 1.35 bits per heavy atom. The second kappa shape index (κ2) is 4.72. The standard InChI is InChI=1S/C10H14N2O4S/c1-12(2)17(14,15)7-4-5-9(11)8(6-7)10(13)16-3/h4-6H,11H2,1-3H3. The number of carbonyl (C=O) groups is 1. The highest BCUT2D eigenvalue weighted by Gasteiger charge is 2.20. The van der Waals surface area contributed by atoms with E-state index in [2.05, 4.69) is 4.74 Å². The van der Waals surface area contributed by atoms with Gasteiger partial charge in [0.2, 0.25) is 10.0 Å². The number of benzene rings is 1. The van der Waals surface area contributed by atoms with Crippen LogP contribution in [0.5, 0.6) is 0 Å². The van der Waals surface area contributed by atoms with E-state index in [-0.39, 0.29) is 16.1 Å². The van der Waals surface area contributed by atoms with Gasteiger partial charge in [0.05, 0.1) is 17.6 Å². The van der Waals surface area contributed by atoms with Crippen LogP contribution < -0.4 is 5.73 Å². The lowest BCUT2D eigenvalue weighted by Crippen LogP contribution is -2.22. The Morgan fingerprint density at radius 3 is 2.41 bits per heavy atom. The number of ether oxygens (including phenoxy) is 1. The first-order valence-corrected chi connectivity index (χ1v) is 6.15. The first kappa shape index (κ1) is 13.5. The molecule has 0 unspecified atom stereocenters. The van der Waals surface area contributed by atoms with Gasteiger partial charge >= 0.3 is 5.97 Å². The molecule has 0 spiro atoms. The smallest absolute Gasteiger partial charge is 0.339 e. The van der Waals surface area contributed by atoms with Crippen LogP contribution in [0.3, 0.4) is 0 Å². The van der Waals surface area contributed by atoms with Gasteiger partial charge in [0, 0.05) is 19.8 Å². The lowest BCUT2D eigenvalue weighted by molar-refractivity contribution is 0.0601. The van der Waals surface area contributed by atoms with Crippen molar-refractivity contribution in [1.29, 1.82) is 0 Å². The van der Waals surface area contributed by atoms with E-state index in [0.29, 0.717) is 0 Å². The van der Waals surface area contributed by atoms with Crippen LogP contribution in [0.4, 0.5) is 5.69 Å². The molecule has 0 aliphatic rings. The van der Waals surface area contributed by atoms with Gasteiger partial charge in [-0.05, 0) is 18.2 Å². The highest BCUT2D eigenvalue weighted by molar-refractivity contribution is 7.89. The van der Waals surface area contributed by atoms with Crippen molar-refractivity contribution < 1.29 is 17.9 Å². The minimum atomic E-state index is -3.59. The fourth-order valence-corrected chi connectivity index (χ4v) is 2.12. The average molecular weight is 258 g/mol. The lowest BCUT2D eigenvalue weighted by Gasteiger charge is -2.12. The fourth-order valence-electron chi connectivity index (χ4n) is 1.19. The molecule has 0 bridgehead atoms. The number of methoxy groups -OCH3 is 1. The summed E-state index contributed by atoms with van der Waals surface area (Å²) < 4.78 is 29.3. The molecule has 0 aliphatic heterocycles. The van der Waals surface area contributed by atoms with Gasteiger partial charge < -0.3 is 10.5 Å². The topological polar surface area (TPSA) is 89.7 Å². The van der Waals surface area contributed by atoms with Gasteiger partial charge in [-0.1, -0.05) is 0 Å². The maximum absolute atomic E-state index is 11.8. The Balaban J connectivity index is 3.37. The van der Waals surface area contributed by atoms with Crippen LogP contribution in [0, 0.1) is 0 Å². The summed E-state index contributed by atoms with van der Waals surface area (Å²) in [7, 11) is 0.428. The Bertz CT molecular complexity index is 537. The highest BCUT2D eigenvalue weighted by atomic mass is 32.2. The first-order valence-electron chi connectivity index (χ1n) is 4.71. The number of esters is 1. The predicted molar refractivity (Wildman–Crippen MR) is 63.1 cm³/mol. The molecule has 1 aromatic rings. The van der Waals surface area contributed by atoms with Crippen molar-refractivity contribution in [1.82, 2.24) is 4.31 Å². The van der Waals surface area contributed by atoms with E-state index in [4.69, 9.17) is 5.73 Å². The van der Waals surface area contributed by atoms with E-state index in [9.17, 15) is 13.2 Å². The molecule has 1 aromatic carbocycles. The van der Waals surface area contributed by atoms with Crippen LogP contribution in [0.15, 0.2) is 23.1 Å². The summed E-state index contributed by atoms with van der Waals surface area (Å²) in [5, 5.41) is 0. The molecule has 0 fully saturated rings. The zero-order valence-corrected chi connectivity index (χ0v) is 10.6. The van der Waals surface area contributed by atoms with Gasteiger partial charge in [0.1, 0.15) is 0 Å². The summed E-state index contributed by atoms with van der Waals surface area (Å²) >= 11 is 0. The largest absolute Gasteiger partial charge is 0.465 e. The zero-order valence-electron chi connectivity index (χ0n) is 9.80. The van der Waals surface area contributed by atoms with E-state index in [1.54, 1.807) is 0 Å². The second-order valence-corrected chi connectivity index (χ2v) is 5.68. The molecule has 2 N–H and O–H groups in total. The van der Waals surface area contributed by atoms with Crippen molar-refractivity contribution in [2.75, 3.05) is 26.9 Å². The quantitative estimate of drug-likeness (QED) is 0.622. The molecule has 0 aliphatic carbocycles. The van der Waals surface area contributed by atoms with Gasteiger partial charge in [-0.25, -0.2) is 17.5 Å². The Kier molecular flexibility index (Phi) is 3.74. The van der Waals surface area contributed by atoms with Gasteiger partial charge in [0.15, 0.2) is 0 Å². The molecule has 7 heteroatoms. The monoisotopic (exact) mass is 258 g/mol. The fraction of sp³-hybridized carbons (Fsp3) is 0.300. The van der Waals surface area contributed by atoms with E-state index >= 15 is 0 Å². The van der Waals surface area contributed by atoms with Crippen molar-refractivity contribution in [2.24, 2.45) is 0 Å².